The average molecular weight is 290 g/mol. The molecule has 1 aromatic carbocycles. The molecule has 108 valence electrons. The normalized spacial score (nSPS) is 10.5. The number of benzene rings is 1. The molecule has 2 N–H and O–H groups in total. The van der Waals surface area contributed by atoms with Crippen LogP contribution in [0.15, 0.2) is 34.3 Å². The van der Waals surface area contributed by atoms with Crippen molar-refractivity contribution in [1.29, 1.82) is 0 Å². The van der Waals surface area contributed by atoms with Crippen LogP contribution in [-0.4, -0.2) is 33.4 Å². The van der Waals surface area contributed by atoms with Crippen molar-refractivity contribution in [2.75, 3.05) is 12.5 Å². The number of hydrogen-bond donors (Lipinski definition) is 2. The summed E-state index contributed by atoms with van der Waals surface area (Å²) in [6, 6.07) is 4.38. The van der Waals surface area contributed by atoms with Crippen LogP contribution in [0.1, 0.15) is 5.56 Å². The van der Waals surface area contributed by atoms with Crippen LogP contribution >= 0.6 is 0 Å². The minimum atomic E-state index is -0.615. The molecular weight excluding hydrogens is 280 g/mol. The number of rotatable bonds is 5. The lowest BCUT2D eigenvalue weighted by Gasteiger charge is -2.02. The number of methoxy groups -OCH3 is 1. The maximum atomic E-state index is 10.9. The number of nitro benzene ring substituents is 1. The smallest absolute Gasteiger partial charge is 0.363 e. The van der Waals surface area contributed by atoms with E-state index in [1.807, 2.05) is 0 Å². The molecule has 2 aromatic rings. The standard InChI is InChI=1S/C11H10N6O4/c1-21-9-3-2-7(4-8(9)17(19)20)5-12-15-10-6-13-16-11(18)14-10/h2-6H,1H3,(H2,14,15,16,18)/b12-5+. The minimum Gasteiger partial charge on any atom is -0.490 e. The summed E-state index contributed by atoms with van der Waals surface area (Å²) in [4.78, 5) is 24.8. The van der Waals surface area contributed by atoms with Crippen LogP contribution in [0.4, 0.5) is 11.5 Å². The highest BCUT2D eigenvalue weighted by molar-refractivity contribution is 5.82. The Morgan fingerprint density at radius 2 is 2.33 bits per heavy atom. The van der Waals surface area contributed by atoms with E-state index < -0.39 is 10.6 Å². The highest BCUT2D eigenvalue weighted by Crippen LogP contribution is 2.26. The number of aromatic amines is 1. The van der Waals surface area contributed by atoms with E-state index in [4.69, 9.17) is 4.74 Å². The van der Waals surface area contributed by atoms with Gasteiger partial charge in [0.25, 0.3) is 0 Å². The molecular formula is C11H10N6O4. The van der Waals surface area contributed by atoms with Gasteiger partial charge < -0.3 is 4.74 Å². The molecule has 0 fully saturated rings. The van der Waals surface area contributed by atoms with Gasteiger partial charge in [0.1, 0.15) is 0 Å². The monoisotopic (exact) mass is 290 g/mol. The molecule has 0 amide bonds. The molecule has 0 aliphatic rings. The first kappa shape index (κ1) is 14.1. The second-order valence-corrected chi connectivity index (χ2v) is 3.73. The highest BCUT2D eigenvalue weighted by Gasteiger charge is 2.14. The lowest BCUT2D eigenvalue weighted by atomic mass is 10.2. The Morgan fingerprint density at radius 1 is 1.52 bits per heavy atom. The van der Waals surface area contributed by atoms with Gasteiger partial charge in [-0.2, -0.15) is 15.2 Å². The molecule has 0 radical (unpaired) electrons. The molecule has 1 aromatic heterocycles. The van der Waals surface area contributed by atoms with Crippen molar-refractivity contribution in [2.45, 2.75) is 0 Å². The van der Waals surface area contributed by atoms with E-state index >= 15 is 0 Å². The van der Waals surface area contributed by atoms with E-state index in [1.165, 1.54) is 31.7 Å². The zero-order valence-corrected chi connectivity index (χ0v) is 10.8. The third kappa shape index (κ3) is 3.59. The van der Waals surface area contributed by atoms with Gasteiger partial charge in [0.05, 0.1) is 24.4 Å². The van der Waals surface area contributed by atoms with Gasteiger partial charge in [-0.25, -0.2) is 9.89 Å². The van der Waals surface area contributed by atoms with Crippen molar-refractivity contribution in [3.63, 3.8) is 0 Å². The van der Waals surface area contributed by atoms with Crippen molar-refractivity contribution < 1.29 is 9.66 Å². The van der Waals surface area contributed by atoms with Crippen molar-refractivity contribution >= 4 is 17.7 Å². The Labute approximate surface area is 117 Å². The van der Waals surface area contributed by atoms with Gasteiger partial charge in [0, 0.05) is 11.6 Å². The number of aromatic nitrogens is 3. The Bertz CT molecular complexity index is 741. The molecule has 10 heteroatoms. The summed E-state index contributed by atoms with van der Waals surface area (Å²) in [7, 11) is 1.35. The number of ether oxygens (including phenoxy) is 1. The summed E-state index contributed by atoms with van der Waals surface area (Å²) in [6.45, 7) is 0. The number of nitrogens with zero attached hydrogens (tertiary/aromatic N) is 4. The Kier molecular flexibility index (Phi) is 4.19. The summed E-state index contributed by atoms with van der Waals surface area (Å²) in [6.07, 6.45) is 2.62. The number of nitrogens with one attached hydrogen (secondary N) is 2. The van der Waals surface area contributed by atoms with Crippen LogP contribution in [0.2, 0.25) is 0 Å². The second-order valence-electron chi connectivity index (χ2n) is 3.73. The SMILES string of the molecule is COc1ccc(/C=N/Nc2cn[nH]c(=O)n2)cc1[N+](=O)[O-]. The fraction of sp³-hybridized carbons (Fsp3) is 0.0909. The largest absolute Gasteiger partial charge is 0.490 e. The van der Waals surface area contributed by atoms with Gasteiger partial charge in [0.2, 0.25) is 0 Å². The Hall–Kier alpha value is -3.30. The minimum absolute atomic E-state index is 0.151. The van der Waals surface area contributed by atoms with Crippen LogP contribution in [-0.2, 0) is 0 Å². The van der Waals surface area contributed by atoms with Gasteiger partial charge in [0.15, 0.2) is 11.6 Å². The van der Waals surface area contributed by atoms with Crippen molar-refractivity contribution in [2.24, 2.45) is 5.10 Å². The lowest BCUT2D eigenvalue weighted by molar-refractivity contribution is -0.385. The Morgan fingerprint density at radius 3 is 3.00 bits per heavy atom. The molecule has 0 saturated heterocycles. The number of anilines is 1. The van der Waals surface area contributed by atoms with E-state index in [9.17, 15) is 14.9 Å². The maximum Gasteiger partial charge on any atom is 0.363 e. The van der Waals surface area contributed by atoms with Gasteiger partial charge in [-0.05, 0) is 12.1 Å². The Balaban J connectivity index is 2.16. The van der Waals surface area contributed by atoms with Crippen LogP contribution in [0.3, 0.4) is 0 Å². The lowest BCUT2D eigenvalue weighted by Crippen LogP contribution is -2.13. The van der Waals surface area contributed by atoms with E-state index in [-0.39, 0.29) is 17.3 Å². The third-order valence-corrected chi connectivity index (χ3v) is 2.36. The average Bonchev–Trinajstić information content (AvgIpc) is 2.47. The fourth-order valence-corrected chi connectivity index (χ4v) is 1.47. The summed E-state index contributed by atoms with van der Waals surface area (Å²) >= 11 is 0. The van der Waals surface area contributed by atoms with E-state index in [0.29, 0.717) is 5.56 Å². The molecule has 2 rings (SSSR count). The molecule has 0 spiro atoms. The first-order valence-electron chi connectivity index (χ1n) is 5.63. The predicted octanol–water partition coefficient (Wildman–Crippen LogP) is 0.528. The number of hydrazone groups is 1. The molecule has 0 aliphatic carbocycles. The van der Waals surface area contributed by atoms with Crippen molar-refractivity contribution in [3.05, 3.63) is 50.6 Å². The van der Waals surface area contributed by atoms with Gasteiger partial charge in [-0.1, -0.05) is 0 Å². The molecule has 1 heterocycles. The molecule has 21 heavy (non-hydrogen) atoms. The van der Waals surface area contributed by atoms with Crippen LogP contribution in [0.5, 0.6) is 5.75 Å². The van der Waals surface area contributed by atoms with Crippen molar-refractivity contribution in [1.82, 2.24) is 15.2 Å². The first-order valence-corrected chi connectivity index (χ1v) is 5.63. The van der Waals surface area contributed by atoms with Crippen LogP contribution in [0, 0.1) is 10.1 Å². The topological polar surface area (TPSA) is 135 Å². The van der Waals surface area contributed by atoms with Crippen LogP contribution < -0.4 is 15.9 Å². The summed E-state index contributed by atoms with van der Waals surface area (Å²) < 4.78 is 4.89. The molecule has 0 aliphatic heterocycles. The molecule has 0 unspecified atom stereocenters. The zero-order valence-electron chi connectivity index (χ0n) is 10.8. The predicted molar refractivity (Wildman–Crippen MR) is 73.5 cm³/mol. The second kappa shape index (κ2) is 6.23. The van der Waals surface area contributed by atoms with E-state index in [1.54, 1.807) is 6.07 Å². The zero-order chi connectivity index (χ0) is 15.2. The molecule has 10 nitrogen and oxygen atoms in total. The quantitative estimate of drug-likeness (QED) is 0.465. The third-order valence-electron chi connectivity index (χ3n) is 2.36. The first-order chi connectivity index (χ1) is 10.1. The fourth-order valence-electron chi connectivity index (χ4n) is 1.47. The summed E-state index contributed by atoms with van der Waals surface area (Å²) in [5.74, 6) is 0.309. The molecule has 0 atom stereocenters. The summed E-state index contributed by atoms with van der Waals surface area (Å²) in [5.41, 5.74) is 2.18. The van der Waals surface area contributed by atoms with E-state index in [2.05, 4.69) is 25.7 Å². The summed E-state index contributed by atoms with van der Waals surface area (Å²) in [5, 5.41) is 20.3. The molecule has 0 saturated carbocycles. The van der Waals surface area contributed by atoms with E-state index in [0.717, 1.165) is 0 Å². The number of hydrogen-bond acceptors (Lipinski definition) is 8. The van der Waals surface area contributed by atoms with Gasteiger partial charge in [-0.15, -0.1) is 0 Å². The maximum absolute atomic E-state index is 10.9. The van der Waals surface area contributed by atoms with Crippen LogP contribution in [0.25, 0.3) is 0 Å². The number of nitro groups is 1. The number of H-pyrrole nitrogens is 1. The van der Waals surface area contributed by atoms with Gasteiger partial charge in [-0.3, -0.25) is 15.5 Å². The highest BCUT2D eigenvalue weighted by atomic mass is 16.6. The molecule has 0 bridgehead atoms. The van der Waals surface area contributed by atoms with Gasteiger partial charge >= 0.3 is 11.4 Å². The van der Waals surface area contributed by atoms with Crippen molar-refractivity contribution in [3.8, 4) is 5.75 Å².